The fourth-order valence-electron chi connectivity index (χ4n) is 1.94. The lowest BCUT2D eigenvalue weighted by Crippen LogP contribution is -2.27. The van der Waals surface area contributed by atoms with E-state index in [1.54, 1.807) is 0 Å². The molecule has 1 aromatic rings. The maximum Gasteiger partial charge on any atom is 0.140 e. The van der Waals surface area contributed by atoms with E-state index in [2.05, 4.69) is 77.0 Å². The van der Waals surface area contributed by atoms with Gasteiger partial charge in [-0.1, -0.05) is 41.4 Å². The molecular weight excluding hydrogens is 394 g/mol. The molecule has 4 heteroatoms. The summed E-state index contributed by atoms with van der Waals surface area (Å²) < 4.78 is 7.93. The maximum absolute atomic E-state index is 5.90. The number of hydrogen-bond donors (Lipinski definition) is 1. The van der Waals surface area contributed by atoms with Gasteiger partial charge in [-0.3, -0.25) is 0 Å². The van der Waals surface area contributed by atoms with Crippen LogP contribution in [0.2, 0.25) is 0 Å². The molecule has 0 heterocycles. The standard InChI is InChI=1S/C17H25Br2NO/c1-5-7-20-13(4)12(3)9-14-10-15(18)11-16(19)17(14)21-8-6-2/h9-11,13,20H,5-8H2,1-4H3/b12-9+. The van der Waals surface area contributed by atoms with Gasteiger partial charge in [-0.15, -0.1) is 0 Å². The summed E-state index contributed by atoms with van der Waals surface area (Å²) in [6.07, 6.45) is 4.35. The third-order valence-electron chi connectivity index (χ3n) is 3.25. The molecule has 1 unspecified atom stereocenters. The molecule has 0 aromatic heterocycles. The van der Waals surface area contributed by atoms with Crippen molar-refractivity contribution >= 4 is 37.9 Å². The largest absolute Gasteiger partial charge is 0.492 e. The number of benzene rings is 1. The Morgan fingerprint density at radius 2 is 2.00 bits per heavy atom. The van der Waals surface area contributed by atoms with E-state index in [0.717, 1.165) is 46.3 Å². The Hall–Kier alpha value is -0.320. The molecule has 118 valence electrons. The molecule has 0 saturated heterocycles. The molecule has 0 fully saturated rings. The van der Waals surface area contributed by atoms with E-state index in [1.807, 2.05) is 6.07 Å². The van der Waals surface area contributed by atoms with E-state index < -0.39 is 0 Å². The first kappa shape index (κ1) is 18.7. The number of ether oxygens (including phenoxy) is 1. The van der Waals surface area contributed by atoms with Gasteiger partial charge in [0, 0.05) is 16.1 Å². The highest BCUT2D eigenvalue weighted by molar-refractivity contribution is 9.11. The van der Waals surface area contributed by atoms with Crippen LogP contribution in [0.5, 0.6) is 5.75 Å². The van der Waals surface area contributed by atoms with Crippen LogP contribution < -0.4 is 10.1 Å². The Labute approximate surface area is 145 Å². The molecule has 1 aromatic carbocycles. The van der Waals surface area contributed by atoms with Crippen molar-refractivity contribution in [1.29, 1.82) is 0 Å². The molecule has 0 bridgehead atoms. The Morgan fingerprint density at radius 3 is 2.62 bits per heavy atom. The highest BCUT2D eigenvalue weighted by Crippen LogP contribution is 2.34. The highest BCUT2D eigenvalue weighted by Gasteiger charge is 2.10. The third-order valence-corrected chi connectivity index (χ3v) is 4.30. The molecule has 1 rings (SSSR count). The zero-order chi connectivity index (χ0) is 15.8. The second kappa shape index (κ2) is 9.65. The number of halogens is 2. The van der Waals surface area contributed by atoms with Crippen LogP contribution in [0, 0.1) is 0 Å². The van der Waals surface area contributed by atoms with Crippen LogP contribution in [0.25, 0.3) is 6.08 Å². The summed E-state index contributed by atoms with van der Waals surface area (Å²) in [6.45, 7) is 10.4. The van der Waals surface area contributed by atoms with Gasteiger partial charge in [0.25, 0.3) is 0 Å². The maximum atomic E-state index is 5.90. The van der Waals surface area contributed by atoms with Crippen molar-refractivity contribution in [2.24, 2.45) is 0 Å². The predicted octanol–water partition coefficient (Wildman–Crippen LogP) is 5.79. The summed E-state index contributed by atoms with van der Waals surface area (Å²) in [4.78, 5) is 0. The molecule has 1 N–H and O–H groups in total. The van der Waals surface area contributed by atoms with E-state index in [4.69, 9.17) is 4.74 Å². The first-order chi connectivity index (χ1) is 9.99. The fourth-order valence-corrected chi connectivity index (χ4v) is 3.31. The van der Waals surface area contributed by atoms with Crippen molar-refractivity contribution in [2.45, 2.75) is 46.6 Å². The summed E-state index contributed by atoms with van der Waals surface area (Å²) in [6, 6.07) is 4.49. The molecule has 0 amide bonds. The second-order valence-electron chi connectivity index (χ2n) is 5.22. The zero-order valence-corrected chi connectivity index (χ0v) is 16.5. The monoisotopic (exact) mass is 417 g/mol. The van der Waals surface area contributed by atoms with Crippen molar-refractivity contribution in [2.75, 3.05) is 13.2 Å². The van der Waals surface area contributed by atoms with Gasteiger partial charge in [-0.2, -0.15) is 0 Å². The summed E-state index contributed by atoms with van der Waals surface area (Å²) in [5, 5.41) is 3.51. The average Bonchev–Trinajstić information content (AvgIpc) is 2.43. The lowest BCUT2D eigenvalue weighted by atomic mass is 10.1. The van der Waals surface area contributed by atoms with Gasteiger partial charge in [0.1, 0.15) is 5.75 Å². The fraction of sp³-hybridized carbons (Fsp3) is 0.529. The van der Waals surface area contributed by atoms with Crippen molar-refractivity contribution in [1.82, 2.24) is 5.32 Å². The SMILES string of the molecule is CCCNC(C)/C(C)=C/c1cc(Br)cc(Br)c1OCCC. The minimum Gasteiger partial charge on any atom is -0.492 e. The summed E-state index contributed by atoms with van der Waals surface area (Å²) >= 11 is 7.15. The molecular formula is C17H25Br2NO. The molecule has 21 heavy (non-hydrogen) atoms. The summed E-state index contributed by atoms with van der Waals surface area (Å²) in [5.74, 6) is 0.919. The van der Waals surface area contributed by atoms with Crippen molar-refractivity contribution in [3.8, 4) is 5.75 Å². The molecule has 0 radical (unpaired) electrons. The Kier molecular flexibility index (Phi) is 8.60. The lowest BCUT2D eigenvalue weighted by molar-refractivity contribution is 0.315. The topological polar surface area (TPSA) is 21.3 Å². The third kappa shape index (κ3) is 6.13. The molecule has 0 spiro atoms. The molecule has 0 saturated carbocycles. The van der Waals surface area contributed by atoms with Gasteiger partial charge < -0.3 is 10.1 Å². The summed E-state index contributed by atoms with van der Waals surface area (Å²) in [7, 11) is 0. The number of nitrogens with one attached hydrogen (secondary N) is 1. The smallest absolute Gasteiger partial charge is 0.140 e. The van der Waals surface area contributed by atoms with Crippen LogP contribution in [0.4, 0.5) is 0 Å². The van der Waals surface area contributed by atoms with Crippen molar-refractivity contribution in [3.05, 3.63) is 32.2 Å². The van der Waals surface area contributed by atoms with E-state index in [0.29, 0.717) is 6.04 Å². The minimum absolute atomic E-state index is 0.363. The van der Waals surface area contributed by atoms with Gasteiger partial charge in [0.05, 0.1) is 11.1 Å². The first-order valence-electron chi connectivity index (χ1n) is 7.53. The Balaban J connectivity index is 3.04. The lowest BCUT2D eigenvalue weighted by Gasteiger charge is -2.16. The van der Waals surface area contributed by atoms with Gasteiger partial charge in [0.2, 0.25) is 0 Å². The molecule has 0 aliphatic rings. The number of rotatable bonds is 8. The summed E-state index contributed by atoms with van der Waals surface area (Å²) in [5.41, 5.74) is 2.40. The van der Waals surface area contributed by atoms with Crippen LogP contribution >= 0.6 is 31.9 Å². The first-order valence-corrected chi connectivity index (χ1v) is 9.11. The van der Waals surface area contributed by atoms with Crippen LogP contribution in [0.3, 0.4) is 0 Å². The van der Waals surface area contributed by atoms with Crippen LogP contribution in [-0.2, 0) is 0 Å². The Morgan fingerprint density at radius 1 is 1.29 bits per heavy atom. The van der Waals surface area contributed by atoms with Crippen LogP contribution in [0.15, 0.2) is 26.7 Å². The molecule has 0 aliphatic heterocycles. The number of hydrogen-bond acceptors (Lipinski definition) is 2. The average molecular weight is 419 g/mol. The van der Waals surface area contributed by atoms with E-state index >= 15 is 0 Å². The molecule has 1 atom stereocenters. The van der Waals surface area contributed by atoms with Gasteiger partial charge in [-0.25, -0.2) is 0 Å². The molecule has 2 nitrogen and oxygen atoms in total. The van der Waals surface area contributed by atoms with Gasteiger partial charge >= 0.3 is 0 Å². The molecule has 0 aliphatic carbocycles. The van der Waals surface area contributed by atoms with E-state index in [-0.39, 0.29) is 0 Å². The van der Waals surface area contributed by atoms with Crippen LogP contribution in [0.1, 0.15) is 46.1 Å². The highest BCUT2D eigenvalue weighted by atomic mass is 79.9. The zero-order valence-electron chi connectivity index (χ0n) is 13.3. The second-order valence-corrected chi connectivity index (χ2v) is 6.99. The quantitative estimate of drug-likeness (QED) is 0.576. The van der Waals surface area contributed by atoms with E-state index in [1.165, 1.54) is 5.57 Å². The normalized spacial score (nSPS) is 13.3. The van der Waals surface area contributed by atoms with Gasteiger partial charge in [0.15, 0.2) is 0 Å². The van der Waals surface area contributed by atoms with Crippen molar-refractivity contribution in [3.63, 3.8) is 0 Å². The minimum atomic E-state index is 0.363. The predicted molar refractivity (Wildman–Crippen MR) is 99.0 cm³/mol. The van der Waals surface area contributed by atoms with Gasteiger partial charge in [-0.05, 0) is 61.3 Å². The van der Waals surface area contributed by atoms with Crippen LogP contribution in [-0.4, -0.2) is 19.2 Å². The van der Waals surface area contributed by atoms with E-state index in [9.17, 15) is 0 Å². The Bertz CT molecular complexity index is 486. The van der Waals surface area contributed by atoms with Crippen molar-refractivity contribution < 1.29 is 4.74 Å².